The second-order valence-electron chi connectivity index (χ2n) is 3.55. The van der Waals surface area contributed by atoms with E-state index < -0.39 is 37.0 Å². The Hall–Kier alpha value is -0.240. The molecule has 0 aromatic rings. The van der Waals surface area contributed by atoms with E-state index in [4.69, 9.17) is 14.2 Å². The highest BCUT2D eigenvalue weighted by atomic mass is 16.7. The minimum atomic E-state index is -1.38. The lowest BCUT2D eigenvalue weighted by atomic mass is 9.98. The number of ether oxygens (including phenoxy) is 3. The maximum absolute atomic E-state index is 9.59. The Bertz CT molecular complexity index is 208. The van der Waals surface area contributed by atoms with Gasteiger partial charge in [0.25, 0.3) is 0 Å². The molecule has 0 radical (unpaired) electrons. The van der Waals surface area contributed by atoms with Gasteiger partial charge in [-0.15, -0.1) is 0 Å². The fraction of sp³-hybridized carbons (Fsp3) is 1.00. The molecule has 2 saturated heterocycles. The molecule has 6 nitrogen and oxygen atoms in total. The van der Waals surface area contributed by atoms with Crippen molar-refractivity contribution in [2.45, 2.75) is 43.9 Å². The van der Waals surface area contributed by atoms with Gasteiger partial charge < -0.3 is 29.5 Å². The van der Waals surface area contributed by atoms with E-state index in [2.05, 4.69) is 0 Å². The Morgan fingerprint density at radius 3 is 2.50 bits per heavy atom. The first kappa shape index (κ1) is 10.3. The van der Waals surface area contributed by atoms with Crippen LogP contribution in [0, 0.1) is 0 Å². The molecule has 0 saturated carbocycles. The maximum atomic E-state index is 9.59. The summed E-state index contributed by atoms with van der Waals surface area (Å²) in [5.74, 6) is 0. The average Bonchev–Trinajstić information content (AvgIpc) is 2.16. The number of aliphatic hydroxyl groups excluding tert-OH is 3. The van der Waals surface area contributed by atoms with Crippen LogP contribution in [-0.2, 0) is 14.2 Å². The standard InChI is InChI=1S/C8H14O6/c1-3-12-2-4-7(13-3)5(9)6(10)8(11)14-4/h3-11H,2H2,1H3/t3?,4-,5-,6-,7-,8?/m1/s1. The Kier molecular flexibility index (Phi) is 2.74. The van der Waals surface area contributed by atoms with Gasteiger partial charge in [0.1, 0.15) is 24.4 Å². The molecule has 82 valence electrons. The van der Waals surface area contributed by atoms with Crippen molar-refractivity contribution in [3.05, 3.63) is 0 Å². The molecule has 2 rings (SSSR count). The summed E-state index contributed by atoms with van der Waals surface area (Å²) < 4.78 is 15.4. The van der Waals surface area contributed by atoms with Crippen molar-refractivity contribution in [2.24, 2.45) is 0 Å². The van der Waals surface area contributed by atoms with Crippen molar-refractivity contribution in [3.8, 4) is 0 Å². The first-order valence-corrected chi connectivity index (χ1v) is 4.56. The Balaban J connectivity index is 2.08. The molecule has 0 amide bonds. The van der Waals surface area contributed by atoms with Crippen LogP contribution < -0.4 is 0 Å². The number of fused-ring (bicyclic) bond motifs is 1. The molecule has 0 bridgehead atoms. The van der Waals surface area contributed by atoms with Crippen LogP contribution in [0.4, 0.5) is 0 Å². The molecule has 0 aliphatic carbocycles. The predicted octanol–water partition coefficient (Wildman–Crippen LogP) is -1.81. The fourth-order valence-corrected chi connectivity index (χ4v) is 1.71. The molecule has 6 heteroatoms. The van der Waals surface area contributed by atoms with Crippen LogP contribution in [0.15, 0.2) is 0 Å². The van der Waals surface area contributed by atoms with Crippen molar-refractivity contribution < 1.29 is 29.5 Å². The molecule has 2 heterocycles. The number of rotatable bonds is 0. The highest BCUT2D eigenvalue weighted by Gasteiger charge is 2.47. The van der Waals surface area contributed by atoms with Gasteiger partial charge in [0.15, 0.2) is 12.6 Å². The molecule has 6 atom stereocenters. The van der Waals surface area contributed by atoms with Gasteiger partial charge in [0, 0.05) is 0 Å². The average molecular weight is 206 g/mol. The molecule has 0 aromatic carbocycles. The maximum Gasteiger partial charge on any atom is 0.184 e. The van der Waals surface area contributed by atoms with E-state index in [-0.39, 0.29) is 6.61 Å². The van der Waals surface area contributed by atoms with Gasteiger partial charge in [0.05, 0.1) is 6.61 Å². The summed E-state index contributed by atoms with van der Waals surface area (Å²) in [5.41, 5.74) is 0. The van der Waals surface area contributed by atoms with E-state index in [1.54, 1.807) is 6.92 Å². The highest BCUT2D eigenvalue weighted by Crippen LogP contribution is 2.27. The zero-order valence-corrected chi connectivity index (χ0v) is 7.74. The zero-order valence-electron chi connectivity index (χ0n) is 7.74. The van der Waals surface area contributed by atoms with E-state index in [1.165, 1.54) is 0 Å². The number of hydrogen-bond donors (Lipinski definition) is 3. The van der Waals surface area contributed by atoms with Gasteiger partial charge in [-0.25, -0.2) is 0 Å². The molecular weight excluding hydrogens is 192 g/mol. The molecule has 2 aliphatic heterocycles. The molecule has 0 spiro atoms. The van der Waals surface area contributed by atoms with Gasteiger partial charge in [-0.05, 0) is 6.92 Å². The van der Waals surface area contributed by atoms with Crippen molar-refractivity contribution in [2.75, 3.05) is 6.61 Å². The smallest absolute Gasteiger partial charge is 0.184 e. The third kappa shape index (κ3) is 1.65. The van der Waals surface area contributed by atoms with Gasteiger partial charge in [-0.2, -0.15) is 0 Å². The molecule has 14 heavy (non-hydrogen) atoms. The van der Waals surface area contributed by atoms with Crippen LogP contribution in [0.3, 0.4) is 0 Å². The Morgan fingerprint density at radius 1 is 1.07 bits per heavy atom. The first-order valence-electron chi connectivity index (χ1n) is 4.56. The SMILES string of the molecule is CC1OC[C@H]2OC(O)[C@H](O)[C@@H](O)[C@@H]2O1. The van der Waals surface area contributed by atoms with Gasteiger partial charge >= 0.3 is 0 Å². The van der Waals surface area contributed by atoms with Crippen LogP contribution in [0.5, 0.6) is 0 Å². The molecule has 2 fully saturated rings. The van der Waals surface area contributed by atoms with Crippen LogP contribution >= 0.6 is 0 Å². The van der Waals surface area contributed by atoms with E-state index in [1.807, 2.05) is 0 Å². The minimum absolute atomic E-state index is 0.243. The minimum Gasteiger partial charge on any atom is -0.387 e. The van der Waals surface area contributed by atoms with E-state index >= 15 is 0 Å². The predicted molar refractivity (Wildman–Crippen MR) is 43.2 cm³/mol. The summed E-state index contributed by atoms with van der Waals surface area (Å²) >= 11 is 0. The van der Waals surface area contributed by atoms with Crippen LogP contribution in [0.2, 0.25) is 0 Å². The normalized spacial score (nSPS) is 54.0. The second-order valence-corrected chi connectivity index (χ2v) is 3.55. The second kappa shape index (κ2) is 3.73. The lowest BCUT2D eigenvalue weighted by Crippen LogP contribution is -2.62. The largest absolute Gasteiger partial charge is 0.387 e. The zero-order chi connectivity index (χ0) is 10.3. The molecule has 0 aromatic heterocycles. The van der Waals surface area contributed by atoms with E-state index in [9.17, 15) is 15.3 Å². The summed E-state index contributed by atoms with van der Waals surface area (Å²) in [6, 6.07) is 0. The summed E-state index contributed by atoms with van der Waals surface area (Å²) in [6.45, 7) is 1.94. The first-order chi connectivity index (χ1) is 6.59. The summed E-state index contributed by atoms with van der Waals surface area (Å²) in [5, 5.41) is 28.1. The van der Waals surface area contributed by atoms with Gasteiger partial charge in [-0.3, -0.25) is 0 Å². The lowest BCUT2D eigenvalue weighted by Gasteiger charge is -2.44. The van der Waals surface area contributed by atoms with Crippen molar-refractivity contribution in [1.82, 2.24) is 0 Å². The van der Waals surface area contributed by atoms with E-state index in [0.717, 1.165) is 0 Å². The quantitative estimate of drug-likeness (QED) is 0.433. The van der Waals surface area contributed by atoms with Crippen LogP contribution in [0.25, 0.3) is 0 Å². The topological polar surface area (TPSA) is 88.4 Å². The van der Waals surface area contributed by atoms with E-state index in [0.29, 0.717) is 0 Å². The van der Waals surface area contributed by atoms with Crippen molar-refractivity contribution in [3.63, 3.8) is 0 Å². The van der Waals surface area contributed by atoms with Crippen molar-refractivity contribution >= 4 is 0 Å². The third-order valence-electron chi connectivity index (χ3n) is 2.50. The number of aliphatic hydroxyl groups is 3. The molecule has 2 aliphatic rings. The summed E-state index contributed by atoms with van der Waals surface area (Å²) in [6.07, 6.45) is -5.46. The third-order valence-corrected chi connectivity index (χ3v) is 2.50. The summed E-state index contributed by atoms with van der Waals surface area (Å²) in [4.78, 5) is 0. The van der Waals surface area contributed by atoms with Gasteiger partial charge in [0.2, 0.25) is 0 Å². The van der Waals surface area contributed by atoms with Crippen LogP contribution in [0.1, 0.15) is 6.92 Å². The lowest BCUT2D eigenvalue weighted by molar-refractivity contribution is -0.348. The Morgan fingerprint density at radius 2 is 1.79 bits per heavy atom. The monoisotopic (exact) mass is 206 g/mol. The van der Waals surface area contributed by atoms with Crippen molar-refractivity contribution in [1.29, 1.82) is 0 Å². The fourth-order valence-electron chi connectivity index (χ4n) is 1.71. The molecular formula is C8H14O6. The molecule has 3 N–H and O–H groups in total. The van der Waals surface area contributed by atoms with Gasteiger partial charge in [-0.1, -0.05) is 0 Å². The highest BCUT2D eigenvalue weighted by molar-refractivity contribution is 4.91. The van der Waals surface area contributed by atoms with Crippen LogP contribution in [-0.4, -0.2) is 58.9 Å². The molecule has 2 unspecified atom stereocenters. The Labute approximate surface area is 81.0 Å². The number of hydrogen-bond acceptors (Lipinski definition) is 6. The summed E-state index contributed by atoms with van der Waals surface area (Å²) in [7, 11) is 0.